The molecule has 2 amide bonds. The molecule has 5 nitrogen and oxygen atoms in total. The SMILES string of the molecule is COc1cccc(NC(=O)CNC(=O)c2cccc(Br)c2)c1. The van der Waals surface area contributed by atoms with E-state index in [1.54, 1.807) is 49.6 Å². The van der Waals surface area contributed by atoms with Gasteiger partial charge in [-0.1, -0.05) is 28.1 Å². The molecule has 0 aliphatic carbocycles. The third kappa shape index (κ3) is 4.60. The number of hydrogen-bond donors (Lipinski definition) is 2. The van der Waals surface area contributed by atoms with Crippen molar-refractivity contribution in [1.82, 2.24) is 5.32 Å². The zero-order valence-corrected chi connectivity index (χ0v) is 13.5. The van der Waals surface area contributed by atoms with Gasteiger partial charge in [-0.3, -0.25) is 9.59 Å². The summed E-state index contributed by atoms with van der Waals surface area (Å²) in [5, 5.41) is 5.26. The summed E-state index contributed by atoms with van der Waals surface area (Å²) < 4.78 is 5.88. The van der Waals surface area contributed by atoms with Gasteiger partial charge in [-0.15, -0.1) is 0 Å². The maximum atomic E-state index is 11.9. The topological polar surface area (TPSA) is 67.4 Å². The lowest BCUT2D eigenvalue weighted by molar-refractivity contribution is -0.115. The van der Waals surface area contributed by atoms with E-state index in [4.69, 9.17) is 4.74 Å². The average molecular weight is 363 g/mol. The van der Waals surface area contributed by atoms with Gasteiger partial charge in [0.2, 0.25) is 5.91 Å². The first-order chi connectivity index (χ1) is 10.6. The standard InChI is InChI=1S/C16H15BrN2O3/c1-22-14-7-3-6-13(9-14)19-15(20)10-18-16(21)11-4-2-5-12(17)8-11/h2-9H,10H2,1H3,(H,18,21)(H,19,20). The quantitative estimate of drug-likeness (QED) is 0.859. The Bertz CT molecular complexity index is 689. The smallest absolute Gasteiger partial charge is 0.251 e. The second-order valence-electron chi connectivity index (χ2n) is 4.47. The Morgan fingerprint density at radius 2 is 1.91 bits per heavy atom. The van der Waals surface area contributed by atoms with Crippen LogP contribution in [0.3, 0.4) is 0 Å². The molecule has 0 aromatic heterocycles. The molecule has 2 N–H and O–H groups in total. The summed E-state index contributed by atoms with van der Waals surface area (Å²) in [7, 11) is 1.55. The van der Waals surface area contributed by atoms with Crippen LogP contribution >= 0.6 is 15.9 Å². The summed E-state index contributed by atoms with van der Waals surface area (Å²) >= 11 is 3.30. The molecule has 0 atom stereocenters. The van der Waals surface area contributed by atoms with Gasteiger partial charge in [-0.25, -0.2) is 0 Å². The number of ether oxygens (including phenoxy) is 1. The van der Waals surface area contributed by atoms with Crippen molar-refractivity contribution in [2.45, 2.75) is 0 Å². The molecule has 22 heavy (non-hydrogen) atoms. The molecule has 0 fully saturated rings. The van der Waals surface area contributed by atoms with Gasteiger partial charge in [-0.2, -0.15) is 0 Å². The van der Waals surface area contributed by atoms with Crippen LogP contribution in [0, 0.1) is 0 Å². The van der Waals surface area contributed by atoms with Gasteiger partial charge in [0.15, 0.2) is 0 Å². The molecule has 6 heteroatoms. The van der Waals surface area contributed by atoms with Crippen molar-refractivity contribution < 1.29 is 14.3 Å². The highest BCUT2D eigenvalue weighted by atomic mass is 79.9. The van der Waals surface area contributed by atoms with Crippen LogP contribution in [0.15, 0.2) is 53.0 Å². The predicted molar refractivity (Wildman–Crippen MR) is 88.1 cm³/mol. The van der Waals surface area contributed by atoms with E-state index in [2.05, 4.69) is 26.6 Å². The minimum absolute atomic E-state index is 0.109. The number of carbonyl (C=O) groups is 2. The normalized spacial score (nSPS) is 9.91. The van der Waals surface area contributed by atoms with Gasteiger partial charge >= 0.3 is 0 Å². The van der Waals surface area contributed by atoms with Crippen molar-refractivity contribution in [3.05, 3.63) is 58.6 Å². The van der Waals surface area contributed by atoms with Crippen LogP contribution in [-0.4, -0.2) is 25.5 Å². The number of rotatable bonds is 5. The van der Waals surface area contributed by atoms with Gasteiger partial charge in [0.1, 0.15) is 5.75 Å². The summed E-state index contributed by atoms with van der Waals surface area (Å²) in [4.78, 5) is 23.8. The number of carbonyl (C=O) groups excluding carboxylic acids is 2. The van der Waals surface area contributed by atoms with Gasteiger partial charge in [-0.05, 0) is 30.3 Å². The van der Waals surface area contributed by atoms with Crippen LogP contribution in [0.2, 0.25) is 0 Å². The molecule has 2 aromatic carbocycles. The summed E-state index contributed by atoms with van der Waals surface area (Å²) in [5.41, 5.74) is 1.10. The Morgan fingerprint density at radius 3 is 2.64 bits per heavy atom. The molecule has 0 radical (unpaired) electrons. The first-order valence-corrected chi connectivity index (χ1v) is 7.35. The third-order valence-corrected chi connectivity index (χ3v) is 3.34. The maximum Gasteiger partial charge on any atom is 0.251 e. The summed E-state index contributed by atoms with van der Waals surface area (Å²) in [6, 6.07) is 14.0. The number of hydrogen-bond acceptors (Lipinski definition) is 3. The number of anilines is 1. The molecule has 2 aromatic rings. The van der Waals surface area contributed by atoms with Crippen LogP contribution in [0.25, 0.3) is 0 Å². The van der Waals surface area contributed by atoms with E-state index in [1.165, 1.54) is 0 Å². The molecule has 114 valence electrons. The fourth-order valence-corrected chi connectivity index (χ4v) is 2.20. The minimum atomic E-state index is -0.309. The molecule has 0 heterocycles. The number of nitrogens with one attached hydrogen (secondary N) is 2. The lowest BCUT2D eigenvalue weighted by atomic mass is 10.2. The Hall–Kier alpha value is -2.34. The number of halogens is 1. The first-order valence-electron chi connectivity index (χ1n) is 6.56. The van der Waals surface area contributed by atoms with E-state index in [0.717, 1.165) is 4.47 Å². The van der Waals surface area contributed by atoms with Crippen molar-refractivity contribution in [3.8, 4) is 5.75 Å². The van der Waals surface area contributed by atoms with Crippen molar-refractivity contribution in [2.24, 2.45) is 0 Å². The lowest BCUT2D eigenvalue weighted by Crippen LogP contribution is -2.32. The molecule has 0 bridgehead atoms. The van der Waals surface area contributed by atoms with Crippen molar-refractivity contribution in [3.63, 3.8) is 0 Å². The zero-order valence-electron chi connectivity index (χ0n) is 11.9. The van der Waals surface area contributed by atoms with E-state index < -0.39 is 0 Å². The van der Waals surface area contributed by atoms with E-state index in [-0.39, 0.29) is 18.4 Å². The molecule has 0 saturated heterocycles. The second-order valence-corrected chi connectivity index (χ2v) is 5.39. The third-order valence-electron chi connectivity index (χ3n) is 2.85. The summed E-state index contributed by atoms with van der Waals surface area (Å²) in [5.74, 6) is 0.0367. The highest BCUT2D eigenvalue weighted by molar-refractivity contribution is 9.10. The van der Waals surface area contributed by atoms with Gasteiger partial charge in [0.25, 0.3) is 5.91 Å². The zero-order chi connectivity index (χ0) is 15.9. The second kappa shape index (κ2) is 7.61. The molecule has 0 aliphatic rings. The Balaban J connectivity index is 1.88. The molecule has 0 aliphatic heterocycles. The Kier molecular flexibility index (Phi) is 5.55. The highest BCUT2D eigenvalue weighted by Gasteiger charge is 2.08. The summed E-state index contributed by atoms with van der Waals surface area (Å²) in [6.07, 6.45) is 0. The monoisotopic (exact) mass is 362 g/mol. The molecule has 0 spiro atoms. The average Bonchev–Trinajstić information content (AvgIpc) is 2.52. The van der Waals surface area contributed by atoms with Crippen LogP contribution < -0.4 is 15.4 Å². The minimum Gasteiger partial charge on any atom is -0.497 e. The van der Waals surface area contributed by atoms with E-state index >= 15 is 0 Å². The number of amides is 2. The largest absolute Gasteiger partial charge is 0.497 e. The Labute approximate surface area is 136 Å². The molecule has 0 unspecified atom stereocenters. The summed E-state index contributed by atoms with van der Waals surface area (Å²) in [6.45, 7) is -0.109. The van der Waals surface area contributed by atoms with Crippen molar-refractivity contribution in [1.29, 1.82) is 0 Å². The maximum absolute atomic E-state index is 11.9. The first kappa shape index (κ1) is 16.0. The lowest BCUT2D eigenvalue weighted by Gasteiger charge is -2.08. The Morgan fingerprint density at radius 1 is 1.14 bits per heavy atom. The van der Waals surface area contributed by atoms with Crippen molar-refractivity contribution in [2.75, 3.05) is 19.0 Å². The van der Waals surface area contributed by atoms with E-state index in [9.17, 15) is 9.59 Å². The van der Waals surface area contributed by atoms with Crippen LogP contribution in [0.1, 0.15) is 10.4 Å². The van der Waals surface area contributed by atoms with Crippen LogP contribution in [0.4, 0.5) is 5.69 Å². The van der Waals surface area contributed by atoms with E-state index in [0.29, 0.717) is 17.0 Å². The predicted octanol–water partition coefficient (Wildman–Crippen LogP) is 2.83. The molecular weight excluding hydrogens is 348 g/mol. The molecular formula is C16H15BrN2O3. The van der Waals surface area contributed by atoms with Gasteiger partial charge in [0, 0.05) is 21.8 Å². The van der Waals surface area contributed by atoms with Gasteiger partial charge in [0.05, 0.1) is 13.7 Å². The number of methoxy groups -OCH3 is 1. The fraction of sp³-hybridized carbons (Fsp3) is 0.125. The van der Waals surface area contributed by atoms with Gasteiger partial charge < -0.3 is 15.4 Å². The molecule has 0 saturated carbocycles. The van der Waals surface area contributed by atoms with Crippen LogP contribution in [0.5, 0.6) is 5.75 Å². The van der Waals surface area contributed by atoms with Crippen molar-refractivity contribution >= 4 is 33.4 Å². The fourth-order valence-electron chi connectivity index (χ4n) is 1.80. The van der Waals surface area contributed by atoms with Crippen LogP contribution in [-0.2, 0) is 4.79 Å². The number of benzene rings is 2. The highest BCUT2D eigenvalue weighted by Crippen LogP contribution is 2.16. The van der Waals surface area contributed by atoms with E-state index in [1.807, 2.05) is 6.07 Å². The molecule has 2 rings (SSSR count).